The van der Waals surface area contributed by atoms with Crippen LogP contribution in [0.25, 0.3) is 0 Å². The molecule has 1 atom stereocenters. The van der Waals surface area contributed by atoms with Crippen LogP contribution < -0.4 is 0 Å². The van der Waals surface area contributed by atoms with Crippen LogP contribution in [0, 0.1) is 0 Å². The highest BCUT2D eigenvalue weighted by molar-refractivity contribution is 4.81. The number of hydrogen-bond donors (Lipinski definition) is 0. The van der Waals surface area contributed by atoms with Crippen molar-refractivity contribution < 1.29 is 14.2 Å². The molecule has 0 aromatic rings. The van der Waals surface area contributed by atoms with Crippen molar-refractivity contribution in [3.05, 3.63) is 0 Å². The Morgan fingerprint density at radius 1 is 1.31 bits per heavy atom. The number of ether oxygens (including phenoxy) is 3. The molecule has 0 N–H and O–H groups in total. The van der Waals surface area contributed by atoms with Gasteiger partial charge >= 0.3 is 0 Å². The van der Waals surface area contributed by atoms with Gasteiger partial charge in [-0.05, 0) is 6.42 Å². The van der Waals surface area contributed by atoms with Gasteiger partial charge in [0, 0.05) is 12.8 Å². The van der Waals surface area contributed by atoms with Crippen LogP contribution in [-0.2, 0) is 14.2 Å². The topological polar surface area (TPSA) is 27.7 Å². The van der Waals surface area contributed by atoms with Crippen molar-refractivity contribution >= 4 is 0 Å². The second-order valence-electron chi connectivity index (χ2n) is 3.86. The molecule has 1 unspecified atom stereocenters. The van der Waals surface area contributed by atoms with Gasteiger partial charge in [0.2, 0.25) is 0 Å². The van der Waals surface area contributed by atoms with E-state index in [1.165, 1.54) is 6.42 Å². The molecule has 2 rings (SSSR count). The highest BCUT2D eigenvalue weighted by Crippen LogP contribution is 2.34. The van der Waals surface area contributed by atoms with Crippen molar-refractivity contribution in [2.24, 2.45) is 0 Å². The van der Waals surface area contributed by atoms with Gasteiger partial charge in [0.15, 0.2) is 5.79 Å². The van der Waals surface area contributed by atoms with Crippen LogP contribution in [0.1, 0.15) is 32.6 Å². The lowest BCUT2D eigenvalue weighted by Crippen LogP contribution is -2.37. The molecule has 0 radical (unpaired) electrons. The third kappa shape index (κ3) is 2.03. The highest BCUT2D eigenvalue weighted by atomic mass is 16.7. The average molecular weight is 186 g/mol. The maximum atomic E-state index is 5.93. The van der Waals surface area contributed by atoms with Gasteiger partial charge in [-0.15, -0.1) is 0 Å². The van der Waals surface area contributed by atoms with Crippen LogP contribution in [0.5, 0.6) is 0 Å². The summed E-state index contributed by atoms with van der Waals surface area (Å²) < 4.78 is 17.0. The molecule has 0 aliphatic carbocycles. The average Bonchev–Trinajstić information content (AvgIpc) is 2.51. The van der Waals surface area contributed by atoms with Crippen molar-refractivity contribution in [1.29, 1.82) is 0 Å². The molecule has 13 heavy (non-hydrogen) atoms. The molecule has 0 bridgehead atoms. The van der Waals surface area contributed by atoms with E-state index in [-0.39, 0.29) is 5.79 Å². The van der Waals surface area contributed by atoms with E-state index in [0.29, 0.717) is 6.10 Å². The van der Waals surface area contributed by atoms with Crippen LogP contribution in [0.2, 0.25) is 0 Å². The van der Waals surface area contributed by atoms with E-state index in [1.54, 1.807) is 0 Å². The maximum Gasteiger partial charge on any atom is 0.173 e. The Kier molecular flexibility index (Phi) is 2.86. The zero-order chi connectivity index (χ0) is 9.15. The summed E-state index contributed by atoms with van der Waals surface area (Å²) in [6.45, 7) is 4.50. The Bertz CT molecular complexity index is 164. The first-order chi connectivity index (χ1) is 6.35. The van der Waals surface area contributed by atoms with Crippen LogP contribution in [0.15, 0.2) is 0 Å². The summed E-state index contributed by atoms with van der Waals surface area (Å²) in [7, 11) is 0. The first kappa shape index (κ1) is 9.44. The van der Waals surface area contributed by atoms with E-state index in [0.717, 1.165) is 39.1 Å². The van der Waals surface area contributed by atoms with E-state index in [4.69, 9.17) is 14.2 Å². The molecule has 2 aliphatic heterocycles. The molecule has 76 valence electrons. The molecule has 2 heterocycles. The number of hydrogen-bond acceptors (Lipinski definition) is 3. The fraction of sp³-hybridized carbons (Fsp3) is 1.00. The maximum absolute atomic E-state index is 5.93. The van der Waals surface area contributed by atoms with E-state index in [2.05, 4.69) is 6.92 Å². The minimum Gasteiger partial charge on any atom is -0.381 e. The second kappa shape index (κ2) is 3.95. The Morgan fingerprint density at radius 2 is 2.08 bits per heavy atom. The van der Waals surface area contributed by atoms with Gasteiger partial charge < -0.3 is 14.2 Å². The predicted molar refractivity (Wildman–Crippen MR) is 48.5 cm³/mol. The van der Waals surface area contributed by atoms with Gasteiger partial charge in [-0.2, -0.15) is 0 Å². The largest absolute Gasteiger partial charge is 0.381 e. The molecular formula is C10H18O3. The van der Waals surface area contributed by atoms with Crippen molar-refractivity contribution in [3.63, 3.8) is 0 Å². The molecule has 2 fully saturated rings. The Labute approximate surface area is 79.4 Å². The van der Waals surface area contributed by atoms with Gasteiger partial charge in [0.05, 0.1) is 25.9 Å². The molecular weight excluding hydrogens is 168 g/mol. The van der Waals surface area contributed by atoms with Gasteiger partial charge in [-0.1, -0.05) is 13.3 Å². The molecule has 1 spiro atoms. The summed E-state index contributed by atoms with van der Waals surface area (Å²) in [6, 6.07) is 0. The quantitative estimate of drug-likeness (QED) is 0.657. The predicted octanol–water partition coefficient (Wildman–Crippen LogP) is 1.71. The van der Waals surface area contributed by atoms with Crippen molar-refractivity contribution in [2.75, 3.05) is 19.8 Å². The summed E-state index contributed by atoms with van der Waals surface area (Å²) in [4.78, 5) is 0. The van der Waals surface area contributed by atoms with Gasteiger partial charge in [0.1, 0.15) is 0 Å². The fourth-order valence-corrected chi connectivity index (χ4v) is 2.03. The lowest BCUT2D eigenvalue weighted by molar-refractivity contribution is -0.211. The summed E-state index contributed by atoms with van der Waals surface area (Å²) in [6.07, 6.45) is 4.40. The standard InChI is InChI=1S/C10H18O3/c1-2-3-9-8-12-10(13-9)4-6-11-7-5-10/h9H,2-8H2,1H3. The summed E-state index contributed by atoms with van der Waals surface area (Å²) in [5, 5.41) is 0. The molecule has 0 saturated carbocycles. The minimum absolute atomic E-state index is 0.280. The van der Waals surface area contributed by atoms with E-state index in [1.807, 2.05) is 0 Å². The van der Waals surface area contributed by atoms with Crippen LogP contribution >= 0.6 is 0 Å². The van der Waals surface area contributed by atoms with Crippen LogP contribution in [0.4, 0.5) is 0 Å². The van der Waals surface area contributed by atoms with Crippen molar-refractivity contribution in [1.82, 2.24) is 0 Å². The van der Waals surface area contributed by atoms with Crippen LogP contribution in [0.3, 0.4) is 0 Å². The first-order valence-electron chi connectivity index (χ1n) is 5.24. The molecule has 3 nitrogen and oxygen atoms in total. The molecule has 0 aromatic heterocycles. The summed E-state index contributed by atoms with van der Waals surface area (Å²) in [5.74, 6) is -0.280. The van der Waals surface area contributed by atoms with Gasteiger partial charge in [-0.3, -0.25) is 0 Å². The number of rotatable bonds is 2. The SMILES string of the molecule is CCCC1COC2(CCOCC2)O1. The Balaban J connectivity index is 1.87. The van der Waals surface area contributed by atoms with Crippen LogP contribution in [-0.4, -0.2) is 31.7 Å². The summed E-state index contributed by atoms with van der Waals surface area (Å²) in [5.41, 5.74) is 0. The van der Waals surface area contributed by atoms with Gasteiger partial charge in [0.25, 0.3) is 0 Å². The minimum atomic E-state index is -0.280. The lowest BCUT2D eigenvalue weighted by atomic mass is 10.1. The second-order valence-corrected chi connectivity index (χ2v) is 3.86. The van der Waals surface area contributed by atoms with Crippen molar-refractivity contribution in [3.8, 4) is 0 Å². The molecule has 2 saturated heterocycles. The molecule has 3 heteroatoms. The lowest BCUT2D eigenvalue weighted by Gasteiger charge is -2.31. The molecule has 0 aromatic carbocycles. The van der Waals surface area contributed by atoms with E-state index in [9.17, 15) is 0 Å². The molecule has 2 aliphatic rings. The summed E-state index contributed by atoms with van der Waals surface area (Å²) >= 11 is 0. The van der Waals surface area contributed by atoms with Crippen molar-refractivity contribution in [2.45, 2.75) is 44.5 Å². The fourth-order valence-electron chi connectivity index (χ4n) is 2.03. The highest BCUT2D eigenvalue weighted by Gasteiger charge is 2.42. The van der Waals surface area contributed by atoms with E-state index < -0.39 is 0 Å². The Morgan fingerprint density at radius 3 is 2.77 bits per heavy atom. The monoisotopic (exact) mass is 186 g/mol. The Hall–Kier alpha value is -0.120. The third-order valence-electron chi connectivity index (χ3n) is 2.78. The smallest absolute Gasteiger partial charge is 0.173 e. The zero-order valence-corrected chi connectivity index (χ0v) is 8.25. The zero-order valence-electron chi connectivity index (χ0n) is 8.25. The van der Waals surface area contributed by atoms with Gasteiger partial charge in [-0.25, -0.2) is 0 Å². The normalized spacial score (nSPS) is 32.5. The molecule has 0 amide bonds. The first-order valence-corrected chi connectivity index (χ1v) is 5.24. The third-order valence-corrected chi connectivity index (χ3v) is 2.78. The van der Waals surface area contributed by atoms with E-state index >= 15 is 0 Å².